The standard InChI is InChI=1S/C19H21N5OS/c1-13-15(12-20)19(26-22-13)24-10-8-23(9-11-24)17-7-6-14-4-2-3-5-16(14)21-18(17)25/h2-5,17H,6-11H2,1H3,(H,21,25). The molecule has 2 aliphatic heterocycles. The number of aromatic nitrogens is 1. The fourth-order valence-electron chi connectivity index (χ4n) is 3.79. The maximum atomic E-state index is 12.7. The van der Waals surface area contributed by atoms with Gasteiger partial charge in [0.15, 0.2) is 0 Å². The van der Waals surface area contributed by atoms with Gasteiger partial charge in [-0.1, -0.05) is 18.2 Å². The van der Waals surface area contributed by atoms with Gasteiger partial charge in [-0.05, 0) is 42.9 Å². The highest BCUT2D eigenvalue weighted by molar-refractivity contribution is 7.10. The molecule has 1 aromatic carbocycles. The second-order valence-corrected chi connectivity index (χ2v) is 7.54. The van der Waals surface area contributed by atoms with Crippen molar-refractivity contribution < 1.29 is 4.79 Å². The van der Waals surface area contributed by atoms with Crippen LogP contribution in [-0.4, -0.2) is 47.4 Å². The maximum absolute atomic E-state index is 12.7. The summed E-state index contributed by atoms with van der Waals surface area (Å²) in [6, 6.07) is 10.2. The highest BCUT2D eigenvalue weighted by atomic mass is 32.1. The number of nitriles is 1. The lowest BCUT2D eigenvalue weighted by Gasteiger charge is -2.38. The lowest BCUT2D eigenvalue weighted by Crippen LogP contribution is -2.53. The zero-order valence-corrected chi connectivity index (χ0v) is 15.6. The van der Waals surface area contributed by atoms with Crippen LogP contribution in [0.25, 0.3) is 0 Å². The number of para-hydroxylation sites is 1. The van der Waals surface area contributed by atoms with Gasteiger partial charge < -0.3 is 10.2 Å². The first-order valence-corrected chi connectivity index (χ1v) is 9.69. The fraction of sp³-hybridized carbons (Fsp3) is 0.421. The van der Waals surface area contributed by atoms with Gasteiger partial charge in [0.05, 0.1) is 11.7 Å². The fourth-order valence-corrected chi connectivity index (χ4v) is 4.68. The summed E-state index contributed by atoms with van der Waals surface area (Å²) in [4.78, 5) is 17.2. The first-order valence-electron chi connectivity index (χ1n) is 8.91. The Morgan fingerprint density at radius 2 is 2.04 bits per heavy atom. The Hall–Kier alpha value is -2.43. The van der Waals surface area contributed by atoms with Crippen LogP contribution < -0.4 is 10.2 Å². The van der Waals surface area contributed by atoms with Crippen molar-refractivity contribution >= 4 is 28.1 Å². The normalized spacial score (nSPS) is 20.8. The van der Waals surface area contributed by atoms with Gasteiger partial charge in [0.2, 0.25) is 5.91 Å². The van der Waals surface area contributed by atoms with Crippen molar-refractivity contribution in [2.75, 3.05) is 36.4 Å². The summed E-state index contributed by atoms with van der Waals surface area (Å²) in [5.74, 6) is 0.0924. The molecule has 1 fully saturated rings. The molecule has 1 amide bonds. The van der Waals surface area contributed by atoms with Crippen molar-refractivity contribution in [1.29, 1.82) is 5.26 Å². The number of fused-ring (bicyclic) bond motifs is 1. The summed E-state index contributed by atoms with van der Waals surface area (Å²) in [5.41, 5.74) is 3.64. The van der Waals surface area contributed by atoms with Crippen LogP contribution in [0.5, 0.6) is 0 Å². The lowest BCUT2D eigenvalue weighted by atomic mass is 10.0. The molecule has 2 aromatic rings. The number of aryl methyl sites for hydroxylation is 2. The molecule has 0 spiro atoms. The third-order valence-electron chi connectivity index (χ3n) is 5.26. The minimum absolute atomic E-state index is 0.0924. The number of carbonyl (C=O) groups excluding carboxylic acids is 1. The molecule has 0 bridgehead atoms. The molecule has 1 aromatic heterocycles. The predicted molar refractivity (Wildman–Crippen MR) is 103 cm³/mol. The van der Waals surface area contributed by atoms with Crippen molar-refractivity contribution in [3.05, 3.63) is 41.1 Å². The molecule has 1 saturated heterocycles. The van der Waals surface area contributed by atoms with Crippen LogP contribution in [0.3, 0.4) is 0 Å². The van der Waals surface area contributed by atoms with Gasteiger partial charge in [0.25, 0.3) is 0 Å². The number of nitrogens with one attached hydrogen (secondary N) is 1. The second-order valence-electron chi connectivity index (χ2n) is 6.78. The molecule has 0 aliphatic carbocycles. The van der Waals surface area contributed by atoms with Crippen molar-refractivity contribution in [1.82, 2.24) is 9.27 Å². The number of benzene rings is 1. The molecular formula is C19H21N5OS. The summed E-state index contributed by atoms with van der Waals surface area (Å²) in [6.07, 6.45) is 1.75. The first-order chi connectivity index (χ1) is 12.7. The van der Waals surface area contributed by atoms with E-state index in [-0.39, 0.29) is 11.9 Å². The summed E-state index contributed by atoms with van der Waals surface area (Å²) in [7, 11) is 0. The molecule has 1 atom stereocenters. The molecule has 134 valence electrons. The molecule has 0 radical (unpaired) electrons. The smallest absolute Gasteiger partial charge is 0.241 e. The van der Waals surface area contributed by atoms with E-state index in [1.54, 1.807) is 0 Å². The Labute approximate surface area is 157 Å². The Morgan fingerprint density at radius 3 is 2.81 bits per heavy atom. The molecule has 2 aliphatic rings. The van der Waals surface area contributed by atoms with Crippen molar-refractivity contribution in [2.24, 2.45) is 0 Å². The molecule has 3 heterocycles. The number of amides is 1. The van der Waals surface area contributed by atoms with Crippen LogP contribution in [0.15, 0.2) is 24.3 Å². The summed E-state index contributed by atoms with van der Waals surface area (Å²) < 4.78 is 4.32. The van der Waals surface area contributed by atoms with E-state index in [1.807, 2.05) is 25.1 Å². The number of carbonyl (C=O) groups is 1. The van der Waals surface area contributed by atoms with Crippen LogP contribution in [0, 0.1) is 18.3 Å². The third-order valence-corrected chi connectivity index (χ3v) is 6.26. The quantitative estimate of drug-likeness (QED) is 0.882. The first kappa shape index (κ1) is 17.0. The SMILES string of the molecule is Cc1nsc(N2CCN(C3CCc4ccccc4NC3=O)CC2)c1C#N. The Morgan fingerprint density at radius 1 is 1.27 bits per heavy atom. The Bertz CT molecular complexity index is 863. The van der Waals surface area contributed by atoms with Gasteiger partial charge in [0, 0.05) is 31.9 Å². The molecule has 6 nitrogen and oxygen atoms in total. The van der Waals surface area contributed by atoms with Crippen LogP contribution >= 0.6 is 11.5 Å². The van der Waals surface area contributed by atoms with E-state index in [1.165, 1.54) is 17.1 Å². The van der Waals surface area contributed by atoms with Crippen molar-refractivity contribution in [2.45, 2.75) is 25.8 Å². The van der Waals surface area contributed by atoms with Crippen LogP contribution in [0.4, 0.5) is 10.7 Å². The van der Waals surface area contributed by atoms with Gasteiger partial charge in [-0.2, -0.15) is 9.64 Å². The molecule has 0 saturated carbocycles. The lowest BCUT2D eigenvalue weighted by molar-refractivity contribution is -0.121. The van der Waals surface area contributed by atoms with E-state index < -0.39 is 0 Å². The highest BCUT2D eigenvalue weighted by Crippen LogP contribution is 2.30. The molecule has 26 heavy (non-hydrogen) atoms. The molecule has 4 rings (SSSR count). The van der Waals surface area contributed by atoms with Crippen molar-refractivity contribution in [3.8, 4) is 6.07 Å². The maximum Gasteiger partial charge on any atom is 0.241 e. The number of hydrogen-bond acceptors (Lipinski definition) is 6. The Balaban J connectivity index is 1.44. The number of piperazine rings is 1. The van der Waals surface area contributed by atoms with E-state index in [4.69, 9.17) is 0 Å². The molecule has 1 unspecified atom stereocenters. The van der Waals surface area contributed by atoms with Crippen LogP contribution in [0.2, 0.25) is 0 Å². The van der Waals surface area contributed by atoms with Gasteiger partial charge in [-0.15, -0.1) is 0 Å². The highest BCUT2D eigenvalue weighted by Gasteiger charge is 2.32. The van der Waals surface area contributed by atoms with Crippen molar-refractivity contribution in [3.63, 3.8) is 0 Å². The minimum atomic E-state index is -0.0943. The van der Waals surface area contributed by atoms with E-state index in [0.29, 0.717) is 5.56 Å². The van der Waals surface area contributed by atoms with E-state index in [0.717, 1.165) is 55.4 Å². The molecule has 7 heteroatoms. The summed E-state index contributed by atoms with van der Waals surface area (Å²) in [6.45, 7) is 5.13. The number of hydrogen-bond donors (Lipinski definition) is 1. The number of anilines is 2. The average Bonchev–Trinajstić information content (AvgIpc) is 2.95. The van der Waals surface area contributed by atoms with E-state index in [9.17, 15) is 10.1 Å². The van der Waals surface area contributed by atoms with Crippen LogP contribution in [-0.2, 0) is 11.2 Å². The van der Waals surface area contributed by atoms with Crippen LogP contribution in [0.1, 0.15) is 23.2 Å². The summed E-state index contributed by atoms with van der Waals surface area (Å²) in [5, 5.41) is 13.4. The average molecular weight is 367 g/mol. The minimum Gasteiger partial charge on any atom is -0.359 e. The molecule has 1 N–H and O–H groups in total. The van der Waals surface area contributed by atoms with E-state index >= 15 is 0 Å². The van der Waals surface area contributed by atoms with Gasteiger partial charge in [-0.3, -0.25) is 9.69 Å². The second kappa shape index (κ2) is 7.06. The van der Waals surface area contributed by atoms with Gasteiger partial charge >= 0.3 is 0 Å². The monoisotopic (exact) mass is 367 g/mol. The zero-order valence-electron chi connectivity index (χ0n) is 14.7. The number of rotatable bonds is 2. The van der Waals surface area contributed by atoms with Gasteiger partial charge in [0.1, 0.15) is 16.6 Å². The molecular weight excluding hydrogens is 346 g/mol. The summed E-state index contributed by atoms with van der Waals surface area (Å²) >= 11 is 1.40. The number of nitrogens with zero attached hydrogens (tertiary/aromatic N) is 4. The van der Waals surface area contributed by atoms with E-state index in [2.05, 4.69) is 31.6 Å². The predicted octanol–water partition coefficient (Wildman–Crippen LogP) is 2.40. The zero-order chi connectivity index (χ0) is 18.1. The van der Waals surface area contributed by atoms with Gasteiger partial charge in [-0.25, -0.2) is 0 Å². The largest absolute Gasteiger partial charge is 0.359 e. The topological polar surface area (TPSA) is 72.3 Å². The Kier molecular flexibility index (Phi) is 4.62. The third kappa shape index (κ3) is 3.06.